The van der Waals surface area contributed by atoms with Crippen molar-refractivity contribution in [3.05, 3.63) is 71.5 Å². The summed E-state index contributed by atoms with van der Waals surface area (Å²) in [5.74, 6) is 7.63. The number of nitrogens with zero attached hydrogens (tertiary/aromatic N) is 4. The summed E-state index contributed by atoms with van der Waals surface area (Å²) in [6.45, 7) is 3.87. The van der Waals surface area contributed by atoms with Gasteiger partial charge in [-0.15, -0.1) is 0 Å². The number of hydrogen-bond acceptors (Lipinski definition) is 7. The third kappa shape index (κ3) is 6.40. The summed E-state index contributed by atoms with van der Waals surface area (Å²) in [7, 11) is 0. The Balaban J connectivity index is 1.19. The van der Waals surface area contributed by atoms with Gasteiger partial charge in [0.1, 0.15) is 24.2 Å². The second-order valence-electron chi connectivity index (χ2n) is 9.47. The van der Waals surface area contributed by atoms with Crippen LogP contribution in [0.2, 0.25) is 0 Å². The van der Waals surface area contributed by atoms with E-state index in [-0.39, 0.29) is 18.3 Å². The molecule has 1 aromatic carbocycles. The molecule has 198 valence electrons. The van der Waals surface area contributed by atoms with E-state index < -0.39 is 6.61 Å². The van der Waals surface area contributed by atoms with Crippen molar-refractivity contribution in [2.75, 3.05) is 26.3 Å². The minimum Gasteiger partial charge on any atom is -0.387 e. The standard InChI is InChI=1S/C29H32N4O5/c1-21(37-28-4-2-3-17-36-28)29-30-13-16-33(29)19-25-18-26(38-31-25)24-9-7-22(8-10-24)5-6-23-11-14-32(15-12-23)27(35)20-34/h7-11,13,16,18,21,28,34H,2-4,12,14-15,17,19-20H2,1H3/t21-,28?/m0/s1. The first-order valence-electron chi connectivity index (χ1n) is 13.0. The number of carbonyl (C=O) groups excluding carboxylic acids is 1. The molecule has 5 rings (SSSR count). The number of hydrogen-bond donors (Lipinski definition) is 1. The molecule has 1 fully saturated rings. The minimum absolute atomic E-state index is 0.178. The van der Waals surface area contributed by atoms with E-state index in [0.717, 1.165) is 54.1 Å². The van der Waals surface area contributed by atoms with Crippen molar-refractivity contribution < 1.29 is 23.9 Å². The summed E-state index contributed by atoms with van der Waals surface area (Å²) in [6, 6.07) is 9.78. The molecule has 2 aliphatic heterocycles. The average molecular weight is 517 g/mol. The lowest BCUT2D eigenvalue weighted by Crippen LogP contribution is -2.36. The van der Waals surface area contributed by atoms with E-state index >= 15 is 0 Å². The Morgan fingerprint density at radius 3 is 2.87 bits per heavy atom. The molecule has 4 heterocycles. The van der Waals surface area contributed by atoms with Gasteiger partial charge in [-0.2, -0.15) is 0 Å². The van der Waals surface area contributed by atoms with Crippen molar-refractivity contribution in [3.8, 4) is 23.2 Å². The Bertz CT molecular complexity index is 1320. The number of rotatable bonds is 7. The summed E-state index contributed by atoms with van der Waals surface area (Å²) in [4.78, 5) is 17.7. The van der Waals surface area contributed by atoms with E-state index in [1.54, 1.807) is 11.1 Å². The summed E-state index contributed by atoms with van der Waals surface area (Å²) in [6.07, 6.45) is 9.06. The largest absolute Gasteiger partial charge is 0.387 e. The highest BCUT2D eigenvalue weighted by atomic mass is 16.7. The predicted molar refractivity (Wildman–Crippen MR) is 140 cm³/mol. The van der Waals surface area contributed by atoms with Crippen LogP contribution in [0.25, 0.3) is 11.3 Å². The molecule has 0 radical (unpaired) electrons. The van der Waals surface area contributed by atoms with Crippen LogP contribution in [0.15, 0.2) is 58.9 Å². The molecule has 0 spiro atoms. The zero-order valence-electron chi connectivity index (χ0n) is 21.5. The smallest absolute Gasteiger partial charge is 0.248 e. The second-order valence-corrected chi connectivity index (χ2v) is 9.47. The van der Waals surface area contributed by atoms with E-state index in [1.807, 2.05) is 54.1 Å². The molecule has 1 saturated heterocycles. The van der Waals surface area contributed by atoms with Gasteiger partial charge in [-0.25, -0.2) is 4.98 Å². The SMILES string of the molecule is C[C@H](OC1CCCCO1)c1nccn1Cc1cc(-c2ccc(C#CC3=CCN(C(=O)CO)CC3)cc2)on1. The molecule has 3 aromatic rings. The van der Waals surface area contributed by atoms with Crippen molar-refractivity contribution in [2.24, 2.45) is 0 Å². The van der Waals surface area contributed by atoms with Crippen molar-refractivity contribution >= 4 is 5.91 Å². The lowest BCUT2D eigenvalue weighted by Gasteiger charge is -2.26. The summed E-state index contributed by atoms with van der Waals surface area (Å²) in [5, 5.41) is 13.2. The molecule has 1 unspecified atom stereocenters. The van der Waals surface area contributed by atoms with E-state index in [4.69, 9.17) is 19.1 Å². The molecular formula is C29H32N4O5. The topological polar surface area (TPSA) is 103 Å². The number of aliphatic hydroxyl groups is 1. The Kier molecular flexibility index (Phi) is 8.34. The number of benzene rings is 1. The van der Waals surface area contributed by atoms with Gasteiger partial charge in [0.05, 0.1) is 6.54 Å². The molecule has 2 aliphatic rings. The Labute approximate surface area is 222 Å². The highest BCUT2D eigenvalue weighted by Crippen LogP contribution is 2.25. The van der Waals surface area contributed by atoms with Crippen LogP contribution >= 0.6 is 0 Å². The van der Waals surface area contributed by atoms with Crippen LogP contribution in [-0.4, -0.2) is 63.2 Å². The van der Waals surface area contributed by atoms with E-state index in [1.165, 1.54) is 0 Å². The summed E-state index contributed by atoms with van der Waals surface area (Å²) in [5.41, 5.74) is 3.60. The van der Waals surface area contributed by atoms with Crippen molar-refractivity contribution in [1.82, 2.24) is 19.6 Å². The molecule has 0 saturated carbocycles. The summed E-state index contributed by atoms with van der Waals surface area (Å²) >= 11 is 0. The van der Waals surface area contributed by atoms with Crippen molar-refractivity contribution in [2.45, 2.75) is 51.5 Å². The molecule has 2 atom stereocenters. The first-order valence-corrected chi connectivity index (χ1v) is 13.0. The third-order valence-corrected chi connectivity index (χ3v) is 6.73. The molecular weight excluding hydrogens is 484 g/mol. The quantitative estimate of drug-likeness (QED) is 0.478. The fourth-order valence-corrected chi connectivity index (χ4v) is 4.60. The fourth-order valence-electron chi connectivity index (χ4n) is 4.60. The first-order chi connectivity index (χ1) is 18.6. The lowest BCUT2D eigenvalue weighted by atomic mass is 10.1. The van der Waals surface area contributed by atoms with Gasteiger partial charge in [0.25, 0.3) is 0 Å². The van der Waals surface area contributed by atoms with E-state index in [0.29, 0.717) is 31.8 Å². The highest BCUT2D eigenvalue weighted by molar-refractivity contribution is 5.77. The molecule has 38 heavy (non-hydrogen) atoms. The zero-order chi connectivity index (χ0) is 26.3. The fraction of sp³-hybridized carbons (Fsp3) is 0.414. The number of carbonyl (C=O) groups is 1. The minimum atomic E-state index is -0.455. The van der Waals surface area contributed by atoms with Gasteiger partial charge in [-0.05, 0) is 56.9 Å². The normalized spacial score (nSPS) is 18.4. The van der Waals surface area contributed by atoms with E-state index in [9.17, 15) is 4.79 Å². The van der Waals surface area contributed by atoms with Gasteiger partial charge in [0, 0.05) is 54.9 Å². The maximum absolute atomic E-state index is 11.6. The monoisotopic (exact) mass is 516 g/mol. The predicted octanol–water partition coefficient (Wildman–Crippen LogP) is 3.69. The van der Waals surface area contributed by atoms with Crippen LogP contribution in [0.4, 0.5) is 0 Å². The van der Waals surface area contributed by atoms with Crippen LogP contribution in [0.3, 0.4) is 0 Å². The lowest BCUT2D eigenvalue weighted by molar-refractivity contribution is -0.188. The number of imidazole rings is 1. The number of ether oxygens (including phenoxy) is 2. The Morgan fingerprint density at radius 2 is 2.13 bits per heavy atom. The second kappa shape index (κ2) is 12.2. The Hall–Kier alpha value is -3.71. The van der Waals surface area contributed by atoms with Gasteiger partial charge in [0.2, 0.25) is 5.91 Å². The maximum atomic E-state index is 11.6. The van der Waals surface area contributed by atoms with Crippen molar-refractivity contribution in [1.29, 1.82) is 0 Å². The molecule has 1 amide bonds. The van der Waals surface area contributed by atoms with Crippen LogP contribution < -0.4 is 0 Å². The third-order valence-electron chi connectivity index (χ3n) is 6.73. The zero-order valence-corrected chi connectivity index (χ0v) is 21.5. The van der Waals surface area contributed by atoms with Gasteiger partial charge >= 0.3 is 0 Å². The molecule has 0 aliphatic carbocycles. The van der Waals surface area contributed by atoms with Crippen LogP contribution in [0.1, 0.15) is 55.8 Å². The van der Waals surface area contributed by atoms with Crippen LogP contribution in [0, 0.1) is 11.8 Å². The van der Waals surface area contributed by atoms with Gasteiger partial charge < -0.3 is 28.6 Å². The maximum Gasteiger partial charge on any atom is 0.248 e. The molecule has 1 N–H and O–H groups in total. The van der Waals surface area contributed by atoms with E-state index in [2.05, 4.69) is 22.0 Å². The number of aromatic nitrogens is 3. The molecule has 9 nitrogen and oxygen atoms in total. The molecule has 0 bridgehead atoms. The first kappa shape index (κ1) is 25.9. The van der Waals surface area contributed by atoms with Gasteiger partial charge in [0.15, 0.2) is 12.1 Å². The molecule has 9 heteroatoms. The number of amides is 1. The van der Waals surface area contributed by atoms with Crippen LogP contribution in [0.5, 0.6) is 0 Å². The number of aliphatic hydroxyl groups excluding tert-OH is 1. The Morgan fingerprint density at radius 1 is 1.26 bits per heavy atom. The van der Waals surface area contributed by atoms with Gasteiger partial charge in [-0.1, -0.05) is 23.1 Å². The van der Waals surface area contributed by atoms with Gasteiger partial charge in [-0.3, -0.25) is 4.79 Å². The molecule has 2 aromatic heterocycles. The average Bonchev–Trinajstić information content (AvgIpc) is 3.63. The van der Waals surface area contributed by atoms with Crippen LogP contribution in [-0.2, 0) is 20.8 Å². The highest BCUT2D eigenvalue weighted by Gasteiger charge is 2.21. The van der Waals surface area contributed by atoms with Crippen molar-refractivity contribution in [3.63, 3.8) is 0 Å². The summed E-state index contributed by atoms with van der Waals surface area (Å²) < 4.78 is 19.4.